The van der Waals surface area contributed by atoms with Crippen molar-refractivity contribution in [1.82, 2.24) is 20.4 Å². The quantitative estimate of drug-likeness (QED) is 0.699. The maximum absolute atomic E-state index is 12.1. The highest BCUT2D eigenvalue weighted by Crippen LogP contribution is 2.15. The molecule has 2 amide bonds. The number of hydrogen-bond acceptors (Lipinski definition) is 4. The molecule has 2 aliphatic heterocycles. The van der Waals surface area contributed by atoms with Crippen LogP contribution >= 0.6 is 0 Å². The highest BCUT2D eigenvalue weighted by Gasteiger charge is 2.24. The van der Waals surface area contributed by atoms with Gasteiger partial charge in [0.2, 0.25) is 0 Å². The molecule has 0 spiro atoms. The number of likely N-dealkylation sites (tertiary alicyclic amines) is 1. The van der Waals surface area contributed by atoms with Crippen molar-refractivity contribution in [3.8, 4) is 0 Å². The standard InChI is InChI=1S/C15H28N4O2/c1-2-18-9-4-13(5-10-18)12-17-14(20)15(21)19-8-3-6-16-7-11-19/h13,16H,2-12H2,1H3,(H,17,20). The van der Waals surface area contributed by atoms with Crippen molar-refractivity contribution in [2.45, 2.75) is 26.2 Å². The molecule has 21 heavy (non-hydrogen) atoms. The predicted octanol–water partition coefficient (Wildman–Crippen LogP) is -0.344. The van der Waals surface area contributed by atoms with E-state index in [9.17, 15) is 9.59 Å². The molecule has 2 fully saturated rings. The number of hydrogen-bond donors (Lipinski definition) is 2. The number of amides is 2. The van der Waals surface area contributed by atoms with Crippen molar-refractivity contribution in [2.75, 3.05) is 52.4 Å². The fourth-order valence-electron chi connectivity index (χ4n) is 3.01. The van der Waals surface area contributed by atoms with Crippen LogP contribution in [-0.2, 0) is 9.59 Å². The fourth-order valence-corrected chi connectivity index (χ4v) is 3.01. The lowest BCUT2D eigenvalue weighted by Gasteiger charge is -2.31. The van der Waals surface area contributed by atoms with Gasteiger partial charge in [0.25, 0.3) is 0 Å². The van der Waals surface area contributed by atoms with Gasteiger partial charge >= 0.3 is 11.8 Å². The van der Waals surface area contributed by atoms with Crippen molar-refractivity contribution >= 4 is 11.8 Å². The Kier molecular flexibility index (Phi) is 6.45. The van der Waals surface area contributed by atoms with Gasteiger partial charge in [-0.15, -0.1) is 0 Å². The third-order valence-electron chi connectivity index (χ3n) is 4.53. The molecule has 0 unspecified atom stereocenters. The Morgan fingerprint density at radius 3 is 2.62 bits per heavy atom. The van der Waals surface area contributed by atoms with Gasteiger partial charge in [0.05, 0.1) is 0 Å². The summed E-state index contributed by atoms with van der Waals surface area (Å²) in [6.45, 7) is 9.10. The van der Waals surface area contributed by atoms with Crippen molar-refractivity contribution < 1.29 is 9.59 Å². The lowest BCUT2D eigenvalue weighted by molar-refractivity contribution is -0.145. The lowest BCUT2D eigenvalue weighted by Crippen LogP contribution is -2.46. The first-order valence-corrected chi connectivity index (χ1v) is 8.21. The Labute approximate surface area is 127 Å². The highest BCUT2D eigenvalue weighted by molar-refractivity contribution is 6.35. The highest BCUT2D eigenvalue weighted by atomic mass is 16.2. The van der Waals surface area contributed by atoms with E-state index in [1.807, 2.05) is 0 Å². The zero-order valence-corrected chi connectivity index (χ0v) is 13.1. The summed E-state index contributed by atoms with van der Waals surface area (Å²) >= 11 is 0. The second-order valence-electron chi connectivity index (χ2n) is 5.98. The lowest BCUT2D eigenvalue weighted by atomic mass is 9.97. The Morgan fingerprint density at radius 2 is 1.90 bits per heavy atom. The van der Waals surface area contributed by atoms with Crippen LogP contribution in [-0.4, -0.2) is 74.0 Å². The van der Waals surface area contributed by atoms with Gasteiger partial charge < -0.3 is 20.4 Å². The van der Waals surface area contributed by atoms with Crippen LogP contribution in [0.15, 0.2) is 0 Å². The fraction of sp³-hybridized carbons (Fsp3) is 0.867. The van der Waals surface area contributed by atoms with E-state index in [1.165, 1.54) is 0 Å². The van der Waals surface area contributed by atoms with Gasteiger partial charge in [-0.3, -0.25) is 9.59 Å². The summed E-state index contributed by atoms with van der Waals surface area (Å²) in [5, 5.41) is 6.07. The van der Waals surface area contributed by atoms with E-state index >= 15 is 0 Å². The molecule has 0 radical (unpaired) electrons. The average Bonchev–Trinajstić information content (AvgIpc) is 2.81. The van der Waals surface area contributed by atoms with Gasteiger partial charge in [0.15, 0.2) is 0 Å². The summed E-state index contributed by atoms with van der Waals surface area (Å²) in [6.07, 6.45) is 3.13. The van der Waals surface area contributed by atoms with Crippen LogP contribution in [0, 0.1) is 5.92 Å². The topological polar surface area (TPSA) is 64.7 Å². The van der Waals surface area contributed by atoms with E-state index < -0.39 is 5.91 Å². The van der Waals surface area contributed by atoms with Crippen molar-refractivity contribution in [1.29, 1.82) is 0 Å². The molecule has 2 N–H and O–H groups in total. The first-order chi connectivity index (χ1) is 10.2. The summed E-state index contributed by atoms with van der Waals surface area (Å²) in [7, 11) is 0. The Balaban J connectivity index is 1.70. The van der Waals surface area contributed by atoms with E-state index in [0.29, 0.717) is 25.6 Å². The average molecular weight is 296 g/mol. The molecule has 0 aromatic rings. The van der Waals surface area contributed by atoms with E-state index in [0.717, 1.165) is 52.0 Å². The normalized spacial score (nSPS) is 21.9. The van der Waals surface area contributed by atoms with Gasteiger partial charge in [-0.05, 0) is 51.4 Å². The van der Waals surface area contributed by atoms with Crippen LogP contribution in [0.4, 0.5) is 0 Å². The first kappa shape index (κ1) is 16.2. The second-order valence-corrected chi connectivity index (χ2v) is 5.98. The van der Waals surface area contributed by atoms with Gasteiger partial charge in [-0.2, -0.15) is 0 Å². The molecule has 0 atom stereocenters. The van der Waals surface area contributed by atoms with Gasteiger partial charge in [0.1, 0.15) is 0 Å². The number of carbonyl (C=O) groups excluding carboxylic acids is 2. The molecule has 120 valence electrons. The van der Waals surface area contributed by atoms with E-state index in [-0.39, 0.29) is 5.91 Å². The van der Waals surface area contributed by atoms with Gasteiger partial charge in [0, 0.05) is 26.2 Å². The minimum atomic E-state index is -0.435. The van der Waals surface area contributed by atoms with E-state index in [4.69, 9.17) is 0 Å². The first-order valence-electron chi connectivity index (χ1n) is 8.21. The maximum Gasteiger partial charge on any atom is 0.311 e. The molecule has 0 bridgehead atoms. The maximum atomic E-state index is 12.1. The SMILES string of the molecule is CCN1CCC(CNC(=O)C(=O)N2CCCNCC2)CC1. The summed E-state index contributed by atoms with van der Waals surface area (Å²) < 4.78 is 0. The summed E-state index contributed by atoms with van der Waals surface area (Å²) in [4.78, 5) is 28.2. The predicted molar refractivity (Wildman–Crippen MR) is 81.9 cm³/mol. The minimum Gasteiger partial charge on any atom is -0.348 e. The molecule has 0 aliphatic carbocycles. The van der Waals surface area contributed by atoms with Crippen molar-refractivity contribution in [3.05, 3.63) is 0 Å². The molecular weight excluding hydrogens is 268 g/mol. The Morgan fingerprint density at radius 1 is 1.14 bits per heavy atom. The van der Waals surface area contributed by atoms with Gasteiger partial charge in [-0.1, -0.05) is 6.92 Å². The molecular formula is C15H28N4O2. The molecule has 6 heteroatoms. The van der Waals surface area contributed by atoms with Crippen LogP contribution in [0.25, 0.3) is 0 Å². The molecule has 2 heterocycles. The third kappa shape index (κ3) is 4.97. The zero-order valence-electron chi connectivity index (χ0n) is 13.1. The van der Waals surface area contributed by atoms with E-state index in [1.54, 1.807) is 4.90 Å². The van der Waals surface area contributed by atoms with Crippen LogP contribution in [0.1, 0.15) is 26.2 Å². The van der Waals surface area contributed by atoms with Crippen molar-refractivity contribution in [2.24, 2.45) is 5.92 Å². The Bertz CT molecular complexity index is 346. The largest absolute Gasteiger partial charge is 0.348 e. The third-order valence-corrected chi connectivity index (χ3v) is 4.53. The summed E-state index contributed by atoms with van der Waals surface area (Å²) in [5.74, 6) is -0.296. The monoisotopic (exact) mass is 296 g/mol. The Hall–Kier alpha value is -1.14. The number of nitrogens with one attached hydrogen (secondary N) is 2. The van der Waals surface area contributed by atoms with E-state index in [2.05, 4.69) is 22.5 Å². The zero-order chi connectivity index (χ0) is 15.1. The van der Waals surface area contributed by atoms with Crippen molar-refractivity contribution in [3.63, 3.8) is 0 Å². The minimum absolute atomic E-state index is 0.371. The second kappa shape index (κ2) is 8.34. The molecule has 0 aromatic heterocycles. The molecule has 2 rings (SSSR count). The number of piperidine rings is 1. The molecule has 2 aliphatic rings. The number of nitrogens with zero attached hydrogens (tertiary/aromatic N) is 2. The molecule has 6 nitrogen and oxygen atoms in total. The smallest absolute Gasteiger partial charge is 0.311 e. The van der Waals surface area contributed by atoms with Crippen LogP contribution in [0.5, 0.6) is 0 Å². The van der Waals surface area contributed by atoms with Crippen LogP contribution in [0.2, 0.25) is 0 Å². The molecule has 0 saturated carbocycles. The van der Waals surface area contributed by atoms with Crippen LogP contribution < -0.4 is 10.6 Å². The van der Waals surface area contributed by atoms with Crippen LogP contribution in [0.3, 0.4) is 0 Å². The number of rotatable bonds is 3. The molecule has 2 saturated heterocycles. The molecule has 0 aromatic carbocycles. The summed E-state index contributed by atoms with van der Waals surface area (Å²) in [6, 6.07) is 0. The number of carbonyl (C=O) groups is 2. The van der Waals surface area contributed by atoms with Gasteiger partial charge in [-0.25, -0.2) is 0 Å². The summed E-state index contributed by atoms with van der Waals surface area (Å²) in [5.41, 5.74) is 0.